The molecule has 1 aliphatic rings. The van der Waals surface area contributed by atoms with E-state index >= 15 is 0 Å². The maximum Gasteiger partial charge on any atom is 0.123 e. The number of nitrogens with zero attached hydrogens (tertiary/aromatic N) is 3. The van der Waals surface area contributed by atoms with Gasteiger partial charge in [0.25, 0.3) is 0 Å². The van der Waals surface area contributed by atoms with Crippen molar-refractivity contribution in [2.24, 2.45) is 0 Å². The van der Waals surface area contributed by atoms with Crippen LogP contribution in [0.3, 0.4) is 0 Å². The van der Waals surface area contributed by atoms with E-state index in [1.807, 2.05) is 0 Å². The molecule has 2 rings (SSSR count). The van der Waals surface area contributed by atoms with Gasteiger partial charge in [0.1, 0.15) is 6.04 Å². The van der Waals surface area contributed by atoms with Crippen molar-refractivity contribution in [3.63, 3.8) is 0 Å². The number of nitriles is 1. The molecule has 0 bridgehead atoms. The summed E-state index contributed by atoms with van der Waals surface area (Å²) in [5, 5.41) is 9.69. The van der Waals surface area contributed by atoms with Crippen molar-refractivity contribution in [3.05, 3.63) is 35.4 Å². The van der Waals surface area contributed by atoms with Crippen LogP contribution in [0.1, 0.15) is 57.2 Å². The van der Waals surface area contributed by atoms with Crippen LogP contribution in [0.25, 0.3) is 0 Å². The van der Waals surface area contributed by atoms with E-state index in [1.165, 1.54) is 5.56 Å². The van der Waals surface area contributed by atoms with E-state index < -0.39 is 0 Å². The van der Waals surface area contributed by atoms with E-state index in [0.29, 0.717) is 12.0 Å². The van der Waals surface area contributed by atoms with Gasteiger partial charge in [0.2, 0.25) is 0 Å². The molecule has 0 saturated carbocycles. The van der Waals surface area contributed by atoms with Crippen molar-refractivity contribution in [3.8, 4) is 6.07 Å². The Balaban J connectivity index is 2.13. The van der Waals surface area contributed by atoms with Crippen molar-refractivity contribution in [2.45, 2.75) is 52.1 Å². The lowest BCUT2D eigenvalue weighted by molar-refractivity contribution is 0.0623. The molecule has 1 aromatic rings. The van der Waals surface area contributed by atoms with Gasteiger partial charge >= 0.3 is 0 Å². The molecule has 1 aromatic carbocycles. The van der Waals surface area contributed by atoms with Gasteiger partial charge in [-0.3, -0.25) is 9.80 Å². The van der Waals surface area contributed by atoms with Crippen LogP contribution in [0.5, 0.6) is 0 Å². The van der Waals surface area contributed by atoms with E-state index in [4.69, 9.17) is 0 Å². The van der Waals surface area contributed by atoms with Crippen LogP contribution < -0.4 is 0 Å². The van der Waals surface area contributed by atoms with Crippen molar-refractivity contribution in [2.75, 3.05) is 26.2 Å². The maximum atomic E-state index is 9.69. The number of rotatable bonds is 5. The SMILES string of the molecule is CCC1CN(C(C#N)c2ccc(C(C)C)cc2)CCN1CC. The number of hydrogen-bond donors (Lipinski definition) is 0. The Bertz CT molecular complexity index is 500. The van der Waals surface area contributed by atoms with Crippen molar-refractivity contribution in [1.82, 2.24) is 9.80 Å². The molecule has 22 heavy (non-hydrogen) atoms. The summed E-state index contributed by atoms with van der Waals surface area (Å²) in [6, 6.07) is 11.6. The largest absolute Gasteiger partial charge is 0.298 e. The van der Waals surface area contributed by atoms with E-state index in [9.17, 15) is 5.26 Å². The Morgan fingerprint density at radius 1 is 1.14 bits per heavy atom. The number of hydrogen-bond acceptors (Lipinski definition) is 3. The lowest BCUT2D eigenvalue weighted by atomic mass is 9.98. The molecule has 120 valence electrons. The summed E-state index contributed by atoms with van der Waals surface area (Å²) in [6.45, 7) is 13.0. The lowest BCUT2D eigenvalue weighted by Crippen LogP contribution is -2.53. The molecule has 2 atom stereocenters. The van der Waals surface area contributed by atoms with Crippen LogP contribution in [0.15, 0.2) is 24.3 Å². The van der Waals surface area contributed by atoms with Crippen LogP contribution in [-0.4, -0.2) is 42.0 Å². The zero-order valence-electron chi connectivity index (χ0n) is 14.4. The minimum atomic E-state index is -0.116. The standard InChI is InChI=1S/C19H29N3/c1-5-18-14-22(12-11-21(18)6-2)19(13-20)17-9-7-16(8-10-17)15(3)4/h7-10,15,18-19H,5-6,11-12,14H2,1-4H3. The van der Waals surface area contributed by atoms with Gasteiger partial charge < -0.3 is 0 Å². The second-order valence-corrected chi connectivity index (χ2v) is 6.54. The summed E-state index contributed by atoms with van der Waals surface area (Å²) in [4.78, 5) is 4.89. The molecule has 0 radical (unpaired) electrons. The predicted molar refractivity (Wildman–Crippen MR) is 91.8 cm³/mol. The van der Waals surface area contributed by atoms with Crippen LogP contribution in [0.4, 0.5) is 0 Å². The van der Waals surface area contributed by atoms with Gasteiger partial charge in [0.05, 0.1) is 6.07 Å². The van der Waals surface area contributed by atoms with Gasteiger partial charge in [-0.05, 0) is 30.0 Å². The van der Waals surface area contributed by atoms with E-state index in [0.717, 1.165) is 38.2 Å². The quantitative estimate of drug-likeness (QED) is 0.828. The summed E-state index contributed by atoms with van der Waals surface area (Å²) >= 11 is 0. The van der Waals surface area contributed by atoms with Gasteiger partial charge in [-0.1, -0.05) is 52.0 Å². The first-order chi connectivity index (χ1) is 10.6. The highest BCUT2D eigenvalue weighted by Crippen LogP contribution is 2.26. The van der Waals surface area contributed by atoms with Crippen LogP contribution >= 0.6 is 0 Å². The van der Waals surface area contributed by atoms with E-state index in [-0.39, 0.29) is 6.04 Å². The Kier molecular flexibility index (Phi) is 5.99. The molecule has 0 N–H and O–H groups in total. The zero-order valence-corrected chi connectivity index (χ0v) is 14.4. The van der Waals surface area contributed by atoms with Gasteiger partial charge in [-0.2, -0.15) is 5.26 Å². The highest BCUT2D eigenvalue weighted by molar-refractivity contribution is 5.30. The van der Waals surface area contributed by atoms with Gasteiger partial charge in [0, 0.05) is 25.7 Å². The Morgan fingerprint density at radius 2 is 1.77 bits per heavy atom. The van der Waals surface area contributed by atoms with Gasteiger partial charge in [-0.15, -0.1) is 0 Å². The van der Waals surface area contributed by atoms with Crippen molar-refractivity contribution >= 4 is 0 Å². The summed E-state index contributed by atoms with van der Waals surface area (Å²) in [5.41, 5.74) is 2.47. The molecule has 3 nitrogen and oxygen atoms in total. The first kappa shape index (κ1) is 17.0. The van der Waals surface area contributed by atoms with Crippen molar-refractivity contribution < 1.29 is 0 Å². The Hall–Kier alpha value is -1.37. The first-order valence-corrected chi connectivity index (χ1v) is 8.58. The van der Waals surface area contributed by atoms with Crippen LogP contribution in [-0.2, 0) is 0 Å². The molecule has 1 heterocycles. The number of piperazine rings is 1. The number of likely N-dealkylation sites (N-methyl/N-ethyl adjacent to an activating group) is 1. The van der Waals surface area contributed by atoms with Crippen molar-refractivity contribution in [1.29, 1.82) is 5.26 Å². The second-order valence-electron chi connectivity index (χ2n) is 6.54. The average Bonchev–Trinajstić information content (AvgIpc) is 2.55. The topological polar surface area (TPSA) is 30.3 Å². The maximum absolute atomic E-state index is 9.69. The summed E-state index contributed by atoms with van der Waals surface area (Å²) in [5.74, 6) is 0.534. The molecule has 0 amide bonds. The van der Waals surface area contributed by atoms with Crippen LogP contribution in [0.2, 0.25) is 0 Å². The first-order valence-electron chi connectivity index (χ1n) is 8.58. The van der Waals surface area contributed by atoms with Gasteiger partial charge in [0.15, 0.2) is 0 Å². The molecular weight excluding hydrogens is 270 g/mol. The monoisotopic (exact) mass is 299 g/mol. The Labute approximate surface area is 135 Å². The third kappa shape index (κ3) is 3.69. The second kappa shape index (κ2) is 7.76. The molecular formula is C19H29N3. The molecule has 0 aliphatic carbocycles. The molecule has 0 spiro atoms. The molecule has 3 heteroatoms. The third-order valence-corrected chi connectivity index (χ3v) is 4.92. The highest BCUT2D eigenvalue weighted by atomic mass is 15.3. The predicted octanol–water partition coefficient (Wildman–Crippen LogP) is 3.79. The average molecular weight is 299 g/mol. The molecule has 1 aliphatic heterocycles. The number of benzene rings is 1. The normalized spacial score (nSPS) is 21.7. The summed E-state index contributed by atoms with van der Waals surface area (Å²) in [6.07, 6.45) is 1.15. The Morgan fingerprint density at radius 3 is 2.27 bits per heavy atom. The molecule has 0 aromatic heterocycles. The van der Waals surface area contributed by atoms with Crippen LogP contribution in [0, 0.1) is 11.3 Å². The highest BCUT2D eigenvalue weighted by Gasteiger charge is 2.29. The molecule has 2 unspecified atom stereocenters. The smallest absolute Gasteiger partial charge is 0.123 e. The fourth-order valence-corrected chi connectivity index (χ4v) is 3.39. The van der Waals surface area contributed by atoms with E-state index in [2.05, 4.69) is 67.8 Å². The molecule has 1 fully saturated rings. The van der Waals surface area contributed by atoms with Gasteiger partial charge in [-0.25, -0.2) is 0 Å². The fraction of sp³-hybridized carbons (Fsp3) is 0.632. The summed E-state index contributed by atoms with van der Waals surface area (Å²) in [7, 11) is 0. The third-order valence-electron chi connectivity index (χ3n) is 4.92. The minimum Gasteiger partial charge on any atom is -0.298 e. The van der Waals surface area contributed by atoms with E-state index in [1.54, 1.807) is 0 Å². The fourth-order valence-electron chi connectivity index (χ4n) is 3.39. The lowest BCUT2D eigenvalue weighted by Gasteiger charge is -2.42. The summed E-state index contributed by atoms with van der Waals surface area (Å²) < 4.78 is 0. The zero-order chi connectivity index (χ0) is 16.1. The minimum absolute atomic E-state index is 0.116. The molecule has 1 saturated heterocycles.